The summed E-state index contributed by atoms with van der Waals surface area (Å²) >= 11 is 0. The van der Waals surface area contributed by atoms with Crippen LogP contribution in [-0.4, -0.2) is 36.1 Å². The van der Waals surface area contributed by atoms with E-state index in [9.17, 15) is 0 Å². The van der Waals surface area contributed by atoms with E-state index in [0.717, 1.165) is 30.0 Å². The highest BCUT2D eigenvalue weighted by Crippen LogP contribution is 2.32. The van der Waals surface area contributed by atoms with Gasteiger partial charge in [0.15, 0.2) is 0 Å². The third-order valence-corrected chi connectivity index (χ3v) is 5.74. The van der Waals surface area contributed by atoms with Crippen molar-refractivity contribution in [1.82, 2.24) is 10.2 Å². The number of nitrogens with one attached hydrogen (secondary N) is 1. The van der Waals surface area contributed by atoms with Crippen molar-refractivity contribution in [2.45, 2.75) is 90.8 Å². The van der Waals surface area contributed by atoms with Crippen LogP contribution in [-0.2, 0) is 0 Å². The molecule has 2 atom stereocenters. The predicted molar refractivity (Wildman–Crippen MR) is 88.1 cm³/mol. The average molecular weight is 280 g/mol. The summed E-state index contributed by atoms with van der Waals surface area (Å²) in [6.07, 6.45) is 9.86. The lowest BCUT2D eigenvalue weighted by Crippen LogP contribution is -2.61. The first-order valence-corrected chi connectivity index (χ1v) is 9.14. The second-order valence-electron chi connectivity index (χ2n) is 7.48. The van der Waals surface area contributed by atoms with Crippen molar-refractivity contribution >= 4 is 0 Å². The maximum atomic E-state index is 3.80. The Balaban J connectivity index is 1.96. The van der Waals surface area contributed by atoms with E-state index in [0.29, 0.717) is 0 Å². The fourth-order valence-electron chi connectivity index (χ4n) is 4.32. The summed E-state index contributed by atoms with van der Waals surface area (Å²) in [6.45, 7) is 12.0. The van der Waals surface area contributed by atoms with Gasteiger partial charge in [-0.25, -0.2) is 0 Å². The molecule has 2 aliphatic rings. The summed E-state index contributed by atoms with van der Waals surface area (Å²) in [7, 11) is 0. The van der Waals surface area contributed by atoms with Crippen LogP contribution in [0.3, 0.4) is 0 Å². The quantitative estimate of drug-likeness (QED) is 0.817. The Bertz CT molecular complexity index is 269. The monoisotopic (exact) mass is 280 g/mol. The van der Waals surface area contributed by atoms with E-state index in [1.807, 2.05) is 0 Å². The van der Waals surface area contributed by atoms with Crippen LogP contribution < -0.4 is 5.32 Å². The molecule has 1 saturated carbocycles. The maximum absolute atomic E-state index is 3.80. The van der Waals surface area contributed by atoms with Gasteiger partial charge in [-0.05, 0) is 43.9 Å². The summed E-state index contributed by atoms with van der Waals surface area (Å²) < 4.78 is 0. The molecule has 0 amide bonds. The van der Waals surface area contributed by atoms with E-state index in [2.05, 4.69) is 37.9 Å². The topological polar surface area (TPSA) is 15.3 Å². The molecule has 2 rings (SSSR count). The molecule has 0 aromatic carbocycles. The highest BCUT2D eigenvalue weighted by Gasteiger charge is 2.35. The van der Waals surface area contributed by atoms with Gasteiger partial charge >= 0.3 is 0 Å². The number of rotatable bonds is 5. The Morgan fingerprint density at radius 3 is 2.35 bits per heavy atom. The molecule has 1 heterocycles. The molecule has 118 valence electrons. The molecule has 2 heteroatoms. The molecule has 0 aromatic heterocycles. The van der Waals surface area contributed by atoms with E-state index in [1.165, 1.54) is 58.0 Å². The third kappa shape index (κ3) is 3.98. The van der Waals surface area contributed by atoms with Crippen molar-refractivity contribution in [3.05, 3.63) is 0 Å². The van der Waals surface area contributed by atoms with Crippen molar-refractivity contribution in [2.75, 3.05) is 13.1 Å². The molecule has 2 fully saturated rings. The largest absolute Gasteiger partial charge is 0.311 e. The van der Waals surface area contributed by atoms with Crippen LogP contribution in [0, 0.1) is 11.8 Å². The van der Waals surface area contributed by atoms with Gasteiger partial charge in [-0.2, -0.15) is 0 Å². The first kappa shape index (κ1) is 16.3. The zero-order chi connectivity index (χ0) is 14.5. The van der Waals surface area contributed by atoms with Crippen molar-refractivity contribution in [2.24, 2.45) is 11.8 Å². The average Bonchev–Trinajstić information content (AvgIpc) is 2.47. The van der Waals surface area contributed by atoms with E-state index in [-0.39, 0.29) is 0 Å². The molecular weight excluding hydrogens is 244 g/mol. The Morgan fingerprint density at radius 1 is 1.10 bits per heavy atom. The van der Waals surface area contributed by atoms with E-state index < -0.39 is 0 Å². The van der Waals surface area contributed by atoms with Crippen LogP contribution in [0.2, 0.25) is 0 Å². The van der Waals surface area contributed by atoms with Crippen LogP contribution in [0.5, 0.6) is 0 Å². The minimum absolute atomic E-state index is 0.735. The minimum atomic E-state index is 0.735. The van der Waals surface area contributed by atoms with Crippen LogP contribution in [0.25, 0.3) is 0 Å². The van der Waals surface area contributed by atoms with Gasteiger partial charge < -0.3 is 5.32 Å². The van der Waals surface area contributed by atoms with Gasteiger partial charge in [-0.1, -0.05) is 40.5 Å². The number of piperazine rings is 1. The van der Waals surface area contributed by atoms with Gasteiger partial charge in [0, 0.05) is 31.2 Å². The molecule has 1 aliphatic heterocycles. The molecule has 2 unspecified atom stereocenters. The lowest BCUT2D eigenvalue weighted by molar-refractivity contribution is 0.0303. The second kappa shape index (κ2) is 7.79. The van der Waals surface area contributed by atoms with Gasteiger partial charge in [0.1, 0.15) is 0 Å². The van der Waals surface area contributed by atoms with Crippen molar-refractivity contribution in [3.63, 3.8) is 0 Å². The molecule has 0 spiro atoms. The fraction of sp³-hybridized carbons (Fsp3) is 1.00. The molecule has 1 aliphatic carbocycles. The molecule has 1 saturated heterocycles. The normalized spacial score (nSPS) is 36.5. The summed E-state index contributed by atoms with van der Waals surface area (Å²) in [5, 5.41) is 3.80. The maximum Gasteiger partial charge on any atom is 0.0247 e. The summed E-state index contributed by atoms with van der Waals surface area (Å²) in [5.74, 6) is 1.78. The molecule has 1 N–H and O–H groups in total. The first-order valence-electron chi connectivity index (χ1n) is 9.14. The lowest BCUT2D eigenvalue weighted by atomic mass is 9.82. The van der Waals surface area contributed by atoms with Crippen molar-refractivity contribution in [1.29, 1.82) is 0 Å². The van der Waals surface area contributed by atoms with E-state index in [4.69, 9.17) is 0 Å². The minimum Gasteiger partial charge on any atom is -0.311 e. The molecule has 20 heavy (non-hydrogen) atoms. The Labute approximate surface area is 126 Å². The van der Waals surface area contributed by atoms with Crippen LogP contribution in [0.1, 0.15) is 72.6 Å². The van der Waals surface area contributed by atoms with Gasteiger partial charge in [-0.3, -0.25) is 4.90 Å². The molecule has 0 aromatic rings. The molecule has 0 bridgehead atoms. The van der Waals surface area contributed by atoms with E-state index >= 15 is 0 Å². The molecule has 0 radical (unpaired) electrons. The summed E-state index contributed by atoms with van der Waals surface area (Å²) in [5.41, 5.74) is 0. The standard InChI is InChI=1S/C18H36N2/c1-5-7-16-13-20(18(12-19-16)14(3)4)17-10-8-15(6-2)9-11-17/h14-19H,5-13H2,1-4H3. The smallest absolute Gasteiger partial charge is 0.0247 e. The Kier molecular flexibility index (Phi) is 6.35. The Morgan fingerprint density at radius 2 is 1.80 bits per heavy atom. The van der Waals surface area contributed by atoms with Gasteiger partial charge in [0.2, 0.25) is 0 Å². The second-order valence-corrected chi connectivity index (χ2v) is 7.48. The van der Waals surface area contributed by atoms with E-state index in [1.54, 1.807) is 0 Å². The SMILES string of the molecule is CCCC1CN(C2CCC(CC)CC2)C(C(C)C)CN1. The van der Waals surface area contributed by atoms with Gasteiger partial charge in [-0.15, -0.1) is 0 Å². The van der Waals surface area contributed by atoms with Crippen LogP contribution >= 0.6 is 0 Å². The van der Waals surface area contributed by atoms with Gasteiger partial charge in [0.25, 0.3) is 0 Å². The van der Waals surface area contributed by atoms with Crippen LogP contribution in [0.15, 0.2) is 0 Å². The number of hydrogen-bond acceptors (Lipinski definition) is 2. The van der Waals surface area contributed by atoms with Crippen molar-refractivity contribution in [3.8, 4) is 0 Å². The Hall–Kier alpha value is -0.0800. The lowest BCUT2D eigenvalue weighted by Gasteiger charge is -2.48. The molecular formula is C18H36N2. The summed E-state index contributed by atoms with van der Waals surface area (Å²) in [6, 6.07) is 2.36. The first-order chi connectivity index (χ1) is 9.65. The highest BCUT2D eigenvalue weighted by atomic mass is 15.3. The third-order valence-electron chi connectivity index (χ3n) is 5.74. The summed E-state index contributed by atoms with van der Waals surface area (Å²) in [4.78, 5) is 2.90. The van der Waals surface area contributed by atoms with Crippen LogP contribution in [0.4, 0.5) is 0 Å². The number of hydrogen-bond donors (Lipinski definition) is 1. The van der Waals surface area contributed by atoms with Gasteiger partial charge in [0.05, 0.1) is 0 Å². The predicted octanol–water partition coefficient (Wildman–Crippen LogP) is 4.05. The molecule has 2 nitrogen and oxygen atoms in total. The van der Waals surface area contributed by atoms with Crippen molar-refractivity contribution < 1.29 is 0 Å². The zero-order valence-electron chi connectivity index (χ0n) is 14.2. The highest BCUT2D eigenvalue weighted by molar-refractivity contribution is 4.92. The zero-order valence-corrected chi connectivity index (χ0v) is 14.2. The number of nitrogens with zero attached hydrogens (tertiary/aromatic N) is 1. The fourth-order valence-corrected chi connectivity index (χ4v) is 4.32.